The molecule has 1 amide bonds. The number of alkyl halides is 2. The lowest BCUT2D eigenvalue weighted by Gasteiger charge is -2.37. The van der Waals surface area contributed by atoms with Crippen molar-refractivity contribution in [2.75, 3.05) is 24.2 Å². The summed E-state index contributed by atoms with van der Waals surface area (Å²) < 4.78 is 69.9. The molecule has 0 spiro atoms. The van der Waals surface area contributed by atoms with Gasteiger partial charge in [0, 0.05) is 66.9 Å². The van der Waals surface area contributed by atoms with Crippen LogP contribution in [0.3, 0.4) is 0 Å². The Morgan fingerprint density at radius 1 is 1.16 bits per heavy atom. The minimum Gasteiger partial charge on any atom is -0.326 e. The van der Waals surface area contributed by atoms with Gasteiger partial charge in [-0.2, -0.15) is 13.1 Å². The molecule has 2 fully saturated rings. The van der Waals surface area contributed by atoms with Crippen LogP contribution in [0.4, 0.5) is 18.9 Å². The van der Waals surface area contributed by atoms with Crippen LogP contribution in [0.25, 0.3) is 0 Å². The summed E-state index contributed by atoms with van der Waals surface area (Å²) in [5, 5.41) is 6.76. The predicted octanol–water partition coefficient (Wildman–Crippen LogP) is 5.85. The Hall–Kier alpha value is -2.99. The van der Waals surface area contributed by atoms with Crippen LogP contribution in [0.15, 0.2) is 60.8 Å². The van der Waals surface area contributed by atoms with Gasteiger partial charge in [0.05, 0.1) is 5.75 Å². The van der Waals surface area contributed by atoms with E-state index in [4.69, 9.17) is 11.6 Å². The van der Waals surface area contributed by atoms with Gasteiger partial charge in [-0.05, 0) is 67.1 Å². The fourth-order valence-corrected chi connectivity index (χ4v) is 7.80. The number of amides is 1. The summed E-state index contributed by atoms with van der Waals surface area (Å²) in [5.41, 5.74) is 1.52. The van der Waals surface area contributed by atoms with Gasteiger partial charge in [-0.3, -0.25) is 9.78 Å². The maximum absolute atomic E-state index is 15.1. The number of anilines is 1. The van der Waals surface area contributed by atoms with Gasteiger partial charge in [-0.25, -0.2) is 12.8 Å². The summed E-state index contributed by atoms with van der Waals surface area (Å²) in [4.78, 5) is 17.3. The van der Waals surface area contributed by atoms with Crippen LogP contribution in [0, 0.1) is 5.82 Å². The number of nitrogens with one attached hydrogen (secondary N) is 2. The number of piperazine rings is 1. The quantitative estimate of drug-likeness (QED) is 0.308. The van der Waals surface area contributed by atoms with Crippen molar-refractivity contribution >= 4 is 33.2 Å². The zero-order chi connectivity index (χ0) is 30.8. The number of pyridine rings is 1. The highest BCUT2D eigenvalue weighted by molar-refractivity contribution is 7.89. The Morgan fingerprint density at radius 3 is 2.60 bits per heavy atom. The first-order valence-corrected chi connectivity index (χ1v) is 16.3. The van der Waals surface area contributed by atoms with E-state index < -0.39 is 33.6 Å². The standard InChI is InChI=1S/C31H34ClF3N4O3S/c1-31(34,35)29-14-9-21(17-37-29)26(20-7-10-22(32)11-8-20)16-30(40)38-28-6-2-5-27(33)25(28)13-12-24-18-36-23-4-3-15-43(41,42)39(24)19-23/h2,5-11,14,17,23-24,26,36H,3-4,12-13,15-16,18-19H2,1H3,(H,38,40)/t23-,24?,26+/m1/s1. The van der Waals surface area contributed by atoms with Gasteiger partial charge in [-0.15, -0.1) is 0 Å². The number of carbonyl (C=O) groups is 1. The molecule has 2 unspecified atom stereocenters. The second-order valence-electron chi connectivity index (χ2n) is 11.3. The number of rotatable bonds is 9. The SMILES string of the molecule is CC(F)(F)c1ccc([C@@H](CC(=O)Nc2cccc(F)c2CCC2CN[C@@H]3CCCS(=O)(=O)N2C3)c2ccc(Cl)cc2)cn1. The van der Waals surface area contributed by atoms with Gasteiger partial charge in [0.25, 0.3) is 5.92 Å². The first-order chi connectivity index (χ1) is 20.4. The molecule has 2 N–H and O–H groups in total. The lowest BCUT2D eigenvalue weighted by Crippen LogP contribution is -2.57. The zero-order valence-electron chi connectivity index (χ0n) is 23.7. The first-order valence-electron chi connectivity index (χ1n) is 14.3. The number of aromatic nitrogens is 1. The van der Waals surface area contributed by atoms with Crippen molar-refractivity contribution < 1.29 is 26.4 Å². The van der Waals surface area contributed by atoms with Crippen molar-refractivity contribution in [1.29, 1.82) is 0 Å². The molecule has 2 saturated heterocycles. The van der Waals surface area contributed by atoms with Gasteiger partial charge in [0.1, 0.15) is 11.5 Å². The highest BCUT2D eigenvalue weighted by atomic mass is 35.5. The van der Waals surface area contributed by atoms with E-state index in [9.17, 15) is 22.0 Å². The second kappa shape index (κ2) is 12.9. The lowest BCUT2D eigenvalue weighted by molar-refractivity contribution is -0.116. The average molecular weight is 635 g/mol. The molecule has 3 heterocycles. The van der Waals surface area contributed by atoms with Crippen LogP contribution in [0.2, 0.25) is 5.02 Å². The van der Waals surface area contributed by atoms with Gasteiger partial charge in [0.2, 0.25) is 15.9 Å². The summed E-state index contributed by atoms with van der Waals surface area (Å²) in [6.07, 6.45) is 3.29. The van der Waals surface area contributed by atoms with Crippen LogP contribution in [0.5, 0.6) is 0 Å². The Kier molecular flexibility index (Phi) is 9.46. The molecule has 0 radical (unpaired) electrons. The summed E-state index contributed by atoms with van der Waals surface area (Å²) >= 11 is 6.07. The molecule has 0 aliphatic carbocycles. The molecular weight excluding hydrogens is 601 g/mol. The minimum absolute atomic E-state index is 0.0684. The van der Waals surface area contributed by atoms with E-state index in [1.165, 1.54) is 30.5 Å². The normalized spacial score (nSPS) is 22.4. The maximum atomic E-state index is 15.1. The number of hydrogen-bond acceptors (Lipinski definition) is 5. The number of fused-ring (bicyclic) bond motifs is 2. The molecule has 3 aromatic rings. The van der Waals surface area contributed by atoms with Crippen molar-refractivity contribution in [2.24, 2.45) is 0 Å². The first kappa shape index (κ1) is 31.4. The van der Waals surface area contributed by atoms with Crippen LogP contribution in [-0.4, -0.2) is 54.5 Å². The monoisotopic (exact) mass is 634 g/mol. The molecule has 12 heteroatoms. The van der Waals surface area contributed by atoms with Gasteiger partial charge in [0.15, 0.2) is 0 Å². The molecule has 7 nitrogen and oxygen atoms in total. The fourth-order valence-electron chi connectivity index (χ4n) is 5.87. The molecule has 2 bridgehead atoms. The zero-order valence-corrected chi connectivity index (χ0v) is 25.3. The molecule has 2 aliphatic heterocycles. The molecule has 1 aromatic heterocycles. The third-order valence-corrected chi connectivity index (χ3v) is 10.4. The smallest absolute Gasteiger partial charge is 0.286 e. The number of nitrogens with zero attached hydrogens (tertiary/aromatic N) is 2. The summed E-state index contributed by atoms with van der Waals surface area (Å²) in [7, 11) is -3.39. The van der Waals surface area contributed by atoms with Crippen molar-refractivity contribution in [1.82, 2.24) is 14.6 Å². The van der Waals surface area contributed by atoms with Crippen molar-refractivity contribution in [2.45, 2.75) is 63.0 Å². The number of sulfonamides is 1. The minimum atomic E-state index is -3.39. The second-order valence-corrected chi connectivity index (χ2v) is 13.8. The van der Waals surface area contributed by atoms with E-state index in [2.05, 4.69) is 15.6 Å². The van der Waals surface area contributed by atoms with Gasteiger partial charge < -0.3 is 10.6 Å². The van der Waals surface area contributed by atoms with E-state index in [0.29, 0.717) is 47.8 Å². The van der Waals surface area contributed by atoms with Crippen LogP contribution < -0.4 is 10.6 Å². The Morgan fingerprint density at radius 2 is 1.91 bits per heavy atom. The number of benzene rings is 2. The third-order valence-electron chi connectivity index (χ3n) is 8.18. The maximum Gasteiger partial charge on any atom is 0.286 e. The Labute approximate surface area is 254 Å². The molecular formula is C31H34ClF3N4O3S. The third kappa shape index (κ3) is 7.57. The van der Waals surface area contributed by atoms with E-state index >= 15 is 4.39 Å². The van der Waals surface area contributed by atoms with Crippen molar-refractivity contribution in [3.8, 4) is 0 Å². The molecule has 2 aliphatic rings. The number of carbonyl (C=O) groups excluding carboxylic acids is 1. The van der Waals surface area contributed by atoms with Crippen LogP contribution in [0.1, 0.15) is 60.9 Å². The Bertz CT molecular complexity index is 1550. The number of hydrogen-bond donors (Lipinski definition) is 2. The fraction of sp³-hybridized carbons (Fsp3) is 0.419. The van der Waals surface area contributed by atoms with E-state index in [0.717, 1.165) is 18.9 Å². The lowest BCUT2D eigenvalue weighted by atomic mass is 9.89. The highest BCUT2D eigenvalue weighted by Crippen LogP contribution is 2.32. The molecule has 0 saturated carbocycles. The molecule has 5 rings (SSSR count). The molecule has 43 heavy (non-hydrogen) atoms. The van der Waals surface area contributed by atoms with E-state index in [1.807, 2.05) is 0 Å². The summed E-state index contributed by atoms with van der Waals surface area (Å²) in [6.45, 7) is 1.66. The molecule has 230 valence electrons. The largest absolute Gasteiger partial charge is 0.326 e. The topological polar surface area (TPSA) is 91.4 Å². The highest BCUT2D eigenvalue weighted by Gasteiger charge is 2.38. The van der Waals surface area contributed by atoms with Crippen molar-refractivity contribution in [3.05, 3.63) is 94.0 Å². The van der Waals surface area contributed by atoms with Crippen molar-refractivity contribution in [3.63, 3.8) is 0 Å². The van der Waals surface area contributed by atoms with Crippen LogP contribution in [-0.2, 0) is 27.2 Å². The molecule has 4 atom stereocenters. The molecule has 2 aromatic carbocycles. The number of halogens is 4. The van der Waals surface area contributed by atoms with E-state index in [1.54, 1.807) is 34.6 Å². The Balaban J connectivity index is 1.33. The van der Waals surface area contributed by atoms with Gasteiger partial charge >= 0.3 is 0 Å². The summed E-state index contributed by atoms with van der Waals surface area (Å²) in [6, 6.07) is 13.9. The van der Waals surface area contributed by atoms with Gasteiger partial charge in [-0.1, -0.05) is 35.9 Å². The summed E-state index contributed by atoms with van der Waals surface area (Å²) in [5.74, 6) is -4.43. The van der Waals surface area contributed by atoms with E-state index in [-0.39, 0.29) is 36.4 Å². The van der Waals surface area contributed by atoms with Crippen LogP contribution >= 0.6 is 11.6 Å². The average Bonchev–Trinajstić information content (AvgIpc) is 3.07. The predicted molar refractivity (Wildman–Crippen MR) is 160 cm³/mol.